The fourth-order valence-corrected chi connectivity index (χ4v) is 3.76. The molecule has 0 aromatic carbocycles. The molecule has 1 aromatic heterocycles. The third kappa shape index (κ3) is 2.58. The van der Waals surface area contributed by atoms with Crippen molar-refractivity contribution in [3.8, 4) is 0 Å². The highest BCUT2D eigenvalue weighted by atomic mass is 16.5. The lowest BCUT2D eigenvalue weighted by atomic mass is 9.88. The van der Waals surface area contributed by atoms with Crippen molar-refractivity contribution < 1.29 is 9.32 Å². The van der Waals surface area contributed by atoms with Crippen molar-refractivity contribution in [2.24, 2.45) is 5.92 Å². The number of carbonyl (C=O) groups is 1. The van der Waals surface area contributed by atoms with Crippen LogP contribution in [0.3, 0.4) is 0 Å². The number of hydrogen-bond donors (Lipinski definition) is 0. The highest BCUT2D eigenvalue weighted by Crippen LogP contribution is 2.40. The van der Waals surface area contributed by atoms with Crippen molar-refractivity contribution in [1.82, 2.24) is 15.0 Å². The molecule has 1 unspecified atom stereocenters. The van der Waals surface area contributed by atoms with Gasteiger partial charge in [-0.15, -0.1) is 0 Å². The summed E-state index contributed by atoms with van der Waals surface area (Å²) >= 11 is 0. The minimum atomic E-state index is 0.0272. The largest absolute Gasteiger partial charge is 0.337 e. The van der Waals surface area contributed by atoms with E-state index in [-0.39, 0.29) is 12.0 Å². The van der Waals surface area contributed by atoms with Crippen molar-refractivity contribution in [2.45, 2.75) is 69.7 Å². The summed E-state index contributed by atoms with van der Waals surface area (Å²) in [6.07, 6.45) is 10.1. The highest BCUT2D eigenvalue weighted by Gasteiger charge is 2.38. The van der Waals surface area contributed by atoms with E-state index in [1.54, 1.807) is 0 Å². The molecule has 2 heterocycles. The van der Waals surface area contributed by atoms with Crippen LogP contribution in [0, 0.1) is 5.92 Å². The summed E-state index contributed by atoms with van der Waals surface area (Å²) in [5.74, 6) is 2.57. The second-order valence-corrected chi connectivity index (χ2v) is 6.79. The summed E-state index contributed by atoms with van der Waals surface area (Å²) in [5.41, 5.74) is 0. The molecule has 0 N–H and O–H groups in total. The van der Waals surface area contributed by atoms with Crippen LogP contribution in [0.2, 0.25) is 0 Å². The molecule has 1 aliphatic heterocycles. The Balaban J connectivity index is 1.49. The van der Waals surface area contributed by atoms with Gasteiger partial charge in [-0.1, -0.05) is 24.4 Å². The van der Waals surface area contributed by atoms with E-state index in [2.05, 4.69) is 10.1 Å². The molecule has 2 aliphatic carbocycles. The van der Waals surface area contributed by atoms with Crippen LogP contribution in [0.5, 0.6) is 0 Å². The van der Waals surface area contributed by atoms with E-state index in [1.807, 2.05) is 4.90 Å². The van der Waals surface area contributed by atoms with Crippen molar-refractivity contribution in [3.05, 3.63) is 11.7 Å². The van der Waals surface area contributed by atoms with Gasteiger partial charge in [0.15, 0.2) is 5.82 Å². The zero-order valence-corrected chi connectivity index (χ0v) is 12.5. The first-order valence-electron chi connectivity index (χ1n) is 8.47. The van der Waals surface area contributed by atoms with Gasteiger partial charge < -0.3 is 9.42 Å². The van der Waals surface area contributed by atoms with Gasteiger partial charge in [-0.05, 0) is 38.5 Å². The van der Waals surface area contributed by atoms with Crippen LogP contribution < -0.4 is 0 Å². The predicted molar refractivity (Wildman–Crippen MR) is 76.5 cm³/mol. The maximum atomic E-state index is 12.8. The van der Waals surface area contributed by atoms with E-state index in [0.29, 0.717) is 17.7 Å². The van der Waals surface area contributed by atoms with Crippen LogP contribution in [0.1, 0.15) is 81.5 Å². The predicted octanol–water partition coefficient (Wildman–Crippen LogP) is 3.19. The van der Waals surface area contributed by atoms with Crippen molar-refractivity contribution in [1.29, 1.82) is 0 Å². The van der Waals surface area contributed by atoms with Crippen LogP contribution in [0.25, 0.3) is 0 Å². The summed E-state index contributed by atoms with van der Waals surface area (Å²) in [6, 6.07) is 0.0272. The van der Waals surface area contributed by atoms with Crippen molar-refractivity contribution in [2.75, 3.05) is 6.54 Å². The first-order chi connectivity index (χ1) is 10.3. The molecule has 3 fully saturated rings. The van der Waals surface area contributed by atoms with Gasteiger partial charge in [0, 0.05) is 18.4 Å². The van der Waals surface area contributed by atoms with E-state index in [4.69, 9.17) is 4.52 Å². The number of amides is 1. The summed E-state index contributed by atoms with van der Waals surface area (Å²) < 4.78 is 5.46. The minimum Gasteiger partial charge on any atom is -0.337 e. The summed E-state index contributed by atoms with van der Waals surface area (Å²) in [7, 11) is 0. The molecule has 1 atom stereocenters. The van der Waals surface area contributed by atoms with Crippen LogP contribution >= 0.6 is 0 Å². The molecule has 0 spiro atoms. The molecule has 21 heavy (non-hydrogen) atoms. The van der Waals surface area contributed by atoms with E-state index in [1.165, 1.54) is 32.1 Å². The number of nitrogens with zero attached hydrogens (tertiary/aromatic N) is 3. The second-order valence-electron chi connectivity index (χ2n) is 6.79. The molecule has 4 rings (SSSR count). The lowest BCUT2D eigenvalue weighted by Crippen LogP contribution is -2.36. The van der Waals surface area contributed by atoms with Crippen molar-refractivity contribution in [3.63, 3.8) is 0 Å². The quantitative estimate of drug-likeness (QED) is 0.857. The smallest absolute Gasteiger partial charge is 0.249 e. The Morgan fingerprint density at radius 2 is 1.86 bits per heavy atom. The van der Waals surface area contributed by atoms with Gasteiger partial charge in [0.05, 0.1) is 0 Å². The van der Waals surface area contributed by atoms with E-state index >= 15 is 0 Å². The first-order valence-corrected chi connectivity index (χ1v) is 8.47. The molecule has 0 radical (unpaired) electrons. The number of likely N-dealkylation sites (tertiary alicyclic amines) is 1. The van der Waals surface area contributed by atoms with Gasteiger partial charge in [0.25, 0.3) is 0 Å². The SMILES string of the molecule is O=C(C1CCCCC1)N1CCCC1c1nc(C2CC2)no1. The molecule has 5 heteroatoms. The zero-order valence-electron chi connectivity index (χ0n) is 12.5. The zero-order chi connectivity index (χ0) is 14.2. The van der Waals surface area contributed by atoms with Crippen molar-refractivity contribution >= 4 is 5.91 Å². The summed E-state index contributed by atoms with van der Waals surface area (Å²) in [6.45, 7) is 0.848. The number of aromatic nitrogens is 2. The lowest BCUT2D eigenvalue weighted by Gasteiger charge is -2.29. The van der Waals surface area contributed by atoms with Gasteiger partial charge >= 0.3 is 0 Å². The fraction of sp³-hybridized carbons (Fsp3) is 0.812. The molecule has 3 aliphatic rings. The van der Waals surface area contributed by atoms with Crippen LogP contribution in [0.15, 0.2) is 4.52 Å². The molecule has 2 saturated carbocycles. The maximum absolute atomic E-state index is 12.8. The summed E-state index contributed by atoms with van der Waals surface area (Å²) in [5, 5.41) is 4.10. The fourth-order valence-electron chi connectivity index (χ4n) is 3.76. The second kappa shape index (κ2) is 5.43. The van der Waals surface area contributed by atoms with Crippen LogP contribution in [-0.2, 0) is 4.79 Å². The molecule has 114 valence electrons. The Kier molecular flexibility index (Phi) is 3.43. The monoisotopic (exact) mass is 289 g/mol. The average Bonchev–Trinajstić information content (AvgIpc) is 3.07. The van der Waals surface area contributed by atoms with Gasteiger partial charge in [-0.3, -0.25) is 4.79 Å². The Bertz CT molecular complexity index is 517. The molecule has 1 aromatic rings. The topological polar surface area (TPSA) is 59.2 Å². The molecular formula is C16H23N3O2. The Morgan fingerprint density at radius 1 is 1.05 bits per heavy atom. The minimum absolute atomic E-state index is 0.0272. The highest BCUT2D eigenvalue weighted by molar-refractivity contribution is 5.79. The third-order valence-electron chi connectivity index (χ3n) is 5.18. The molecule has 1 amide bonds. The van der Waals surface area contributed by atoms with Gasteiger partial charge in [-0.2, -0.15) is 4.98 Å². The average molecular weight is 289 g/mol. The van der Waals surface area contributed by atoms with E-state index < -0.39 is 0 Å². The number of rotatable bonds is 3. The Morgan fingerprint density at radius 3 is 2.62 bits per heavy atom. The number of carbonyl (C=O) groups excluding carboxylic acids is 1. The van der Waals surface area contributed by atoms with Gasteiger partial charge in [0.2, 0.25) is 11.8 Å². The molecular weight excluding hydrogens is 266 g/mol. The molecule has 1 saturated heterocycles. The van der Waals surface area contributed by atoms with E-state index in [9.17, 15) is 4.79 Å². The normalized spacial score (nSPS) is 27.2. The van der Waals surface area contributed by atoms with Gasteiger partial charge in [0.1, 0.15) is 6.04 Å². The lowest BCUT2D eigenvalue weighted by molar-refractivity contribution is -0.138. The standard InChI is InChI=1S/C16H23N3O2/c20-16(12-5-2-1-3-6-12)19-10-4-7-13(19)15-17-14(18-21-15)11-8-9-11/h11-13H,1-10H2. The van der Waals surface area contributed by atoms with Crippen LogP contribution in [-0.4, -0.2) is 27.5 Å². The molecule has 5 nitrogen and oxygen atoms in total. The maximum Gasteiger partial charge on any atom is 0.249 e. The Labute approximate surface area is 125 Å². The van der Waals surface area contributed by atoms with Crippen LogP contribution in [0.4, 0.5) is 0 Å². The summed E-state index contributed by atoms with van der Waals surface area (Å²) in [4.78, 5) is 19.3. The third-order valence-corrected chi connectivity index (χ3v) is 5.18. The van der Waals surface area contributed by atoms with E-state index in [0.717, 1.165) is 38.1 Å². The Hall–Kier alpha value is -1.39. The van der Waals surface area contributed by atoms with Gasteiger partial charge in [-0.25, -0.2) is 0 Å². The first kappa shape index (κ1) is 13.3. The number of hydrogen-bond acceptors (Lipinski definition) is 4. The molecule has 0 bridgehead atoms.